The van der Waals surface area contributed by atoms with Gasteiger partial charge in [0.25, 0.3) is 0 Å². The van der Waals surface area contributed by atoms with Crippen LogP contribution in [0.15, 0.2) is 53.8 Å². The molecule has 5 nitrogen and oxygen atoms in total. The number of aromatic nitrogens is 1. The molecule has 0 amide bonds. The molecular weight excluding hydrogens is 324 g/mol. The number of halogens is 1. The Hall–Kier alpha value is -2.11. The van der Waals surface area contributed by atoms with Crippen molar-refractivity contribution >= 4 is 23.1 Å². The average molecular weight is 345 g/mol. The Bertz CT molecular complexity index is 684. The SMILES string of the molecule is O/N=C(\CCN1CCN(c2ccccn2)CC1)c1ccccc1Cl. The summed E-state index contributed by atoms with van der Waals surface area (Å²) in [5.74, 6) is 1.03. The maximum absolute atomic E-state index is 9.32. The molecule has 2 aromatic rings. The molecule has 1 saturated heterocycles. The van der Waals surface area contributed by atoms with Crippen LogP contribution in [-0.4, -0.2) is 53.5 Å². The lowest BCUT2D eigenvalue weighted by molar-refractivity contribution is 0.262. The van der Waals surface area contributed by atoms with Crippen LogP contribution in [0.5, 0.6) is 0 Å². The lowest BCUT2D eigenvalue weighted by Crippen LogP contribution is -2.47. The van der Waals surface area contributed by atoms with Crippen LogP contribution in [-0.2, 0) is 0 Å². The number of piperazine rings is 1. The van der Waals surface area contributed by atoms with Gasteiger partial charge in [-0.1, -0.05) is 41.0 Å². The second-order valence-electron chi connectivity index (χ2n) is 5.79. The van der Waals surface area contributed by atoms with Crippen LogP contribution in [0.1, 0.15) is 12.0 Å². The van der Waals surface area contributed by atoms with E-state index in [1.54, 1.807) is 0 Å². The van der Waals surface area contributed by atoms with E-state index in [9.17, 15) is 5.21 Å². The van der Waals surface area contributed by atoms with Crippen LogP contribution < -0.4 is 4.90 Å². The van der Waals surface area contributed by atoms with Gasteiger partial charge in [0.1, 0.15) is 5.82 Å². The molecule has 1 fully saturated rings. The van der Waals surface area contributed by atoms with Crippen molar-refractivity contribution in [3.05, 3.63) is 59.2 Å². The Labute approximate surface area is 147 Å². The Morgan fingerprint density at radius 1 is 1.08 bits per heavy atom. The number of benzene rings is 1. The minimum absolute atomic E-state index is 0.616. The number of oxime groups is 1. The van der Waals surface area contributed by atoms with Gasteiger partial charge in [0.05, 0.1) is 5.71 Å². The van der Waals surface area contributed by atoms with Crippen molar-refractivity contribution in [2.24, 2.45) is 5.16 Å². The zero-order chi connectivity index (χ0) is 16.8. The molecule has 24 heavy (non-hydrogen) atoms. The van der Waals surface area contributed by atoms with E-state index in [4.69, 9.17) is 11.6 Å². The van der Waals surface area contributed by atoms with Gasteiger partial charge in [-0.05, 0) is 18.2 Å². The number of hydrogen-bond acceptors (Lipinski definition) is 5. The summed E-state index contributed by atoms with van der Waals surface area (Å²) in [6.07, 6.45) is 2.50. The molecule has 0 atom stereocenters. The Morgan fingerprint density at radius 3 is 2.50 bits per heavy atom. The third-order valence-corrected chi connectivity index (χ3v) is 4.65. The second kappa shape index (κ2) is 8.13. The van der Waals surface area contributed by atoms with Gasteiger partial charge in [-0.3, -0.25) is 4.90 Å². The van der Waals surface area contributed by atoms with E-state index in [2.05, 4.69) is 19.9 Å². The van der Waals surface area contributed by atoms with Gasteiger partial charge in [0.2, 0.25) is 0 Å². The Balaban J connectivity index is 1.52. The van der Waals surface area contributed by atoms with E-state index in [0.717, 1.165) is 44.1 Å². The fourth-order valence-corrected chi connectivity index (χ4v) is 3.18. The minimum atomic E-state index is 0.616. The summed E-state index contributed by atoms with van der Waals surface area (Å²) in [5, 5.41) is 13.4. The predicted molar refractivity (Wildman–Crippen MR) is 97.3 cm³/mol. The minimum Gasteiger partial charge on any atom is -0.411 e. The Kier molecular flexibility index (Phi) is 5.67. The van der Waals surface area contributed by atoms with E-state index in [1.807, 2.05) is 48.7 Å². The monoisotopic (exact) mass is 344 g/mol. The molecule has 0 bridgehead atoms. The maximum Gasteiger partial charge on any atom is 0.128 e. The summed E-state index contributed by atoms with van der Waals surface area (Å²) in [7, 11) is 0. The normalized spacial score (nSPS) is 16.4. The van der Waals surface area contributed by atoms with Crippen molar-refractivity contribution < 1.29 is 5.21 Å². The van der Waals surface area contributed by atoms with Crippen LogP contribution in [0.25, 0.3) is 0 Å². The highest BCUT2D eigenvalue weighted by Gasteiger charge is 2.18. The molecule has 0 aliphatic carbocycles. The fourth-order valence-electron chi connectivity index (χ4n) is 2.94. The lowest BCUT2D eigenvalue weighted by Gasteiger charge is -2.35. The topological polar surface area (TPSA) is 52.0 Å². The smallest absolute Gasteiger partial charge is 0.128 e. The molecule has 0 radical (unpaired) electrons. The number of pyridine rings is 1. The zero-order valence-electron chi connectivity index (χ0n) is 13.5. The quantitative estimate of drug-likeness (QED) is 0.514. The van der Waals surface area contributed by atoms with Gasteiger partial charge in [0.15, 0.2) is 0 Å². The third kappa shape index (κ3) is 4.04. The molecule has 0 spiro atoms. The molecule has 3 rings (SSSR count). The van der Waals surface area contributed by atoms with E-state index in [0.29, 0.717) is 17.2 Å². The van der Waals surface area contributed by atoms with Crippen molar-refractivity contribution in [1.82, 2.24) is 9.88 Å². The van der Waals surface area contributed by atoms with E-state index < -0.39 is 0 Å². The highest BCUT2D eigenvalue weighted by molar-refractivity contribution is 6.34. The van der Waals surface area contributed by atoms with Crippen LogP contribution in [0, 0.1) is 0 Å². The highest BCUT2D eigenvalue weighted by Crippen LogP contribution is 2.18. The molecule has 2 heterocycles. The first-order chi connectivity index (χ1) is 11.8. The van der Waals surface area contributed by atoms with Gasteiger partial charge in [-0.15, -0.1) is 0 Å². The zero-order valence-corrected chi connectivity index (χ0v) is 14.2. The van der Waals surface area contributed by atoms with Crippen molar-refractivity contribution in [3.63, 3.8) is 0 Å². The van der Waals surface area contributed by atoms with Crippen molar-refractivity contribution in [2.75, 3.05) is 37.6 Å². The molecule has 1 aliphatic heterocycles. The molecule has 1 aliphatic rings. The van der Waals surface area contributed by atoms with Gasteiger partial charge >= 0.3 is 0 Å². The number of rotatable bonds is 5. The number of anilines is 1. The first-order valence-corrected chi connectivity index (χ1v) is 8.50. The van der Waals surface area contributed by atoms with Gasteiger partial charge in [-0.25, -0.2) is 4.98 Å². The van der Waals surface area contributed by atoms with Crippen molar-refractivity contribution in [3.8, 4) is 0 Å². The van der Waals surface area contributed by atoms with E-state index >= 15 is 0 Å². The van der Waals surface area contributed by atoms with Crippen molar-refractivity contribution in [1.29, 1.82) is 0 Å². The third-order valence-electron chi connectivity index (χ3n) is 4.32. The summed E-state index contributed by atoms with van der Waals surface area (Å²) in [4.78, 5) is 9.08. The first-order valence-electron chi connectivity index (χ1n) is 8.12. The second-order valence-corrected chi connectivity index (χ2v) is 6.20. The van der Waals surface area contributed by atoms with Crippen LogP contribution in [0.2, 0.25) is 5.02 Å². The number of hydrogen-bond donors (Lipinski definition) is 1. The maximum atomic E-state index is 9.32. The van der Waals surface area contributed by atoms with Gasteiger partial charge in [-0.2, -0.15) is 0 Å². The van der Waals surface area contributed by atoms with Gasteiger partial charge < -0.3 is 10.1 Å². The molecule has 1 N–H and O–H groups in total. The lowest BCUT2D eigenvalue weighted by atomic mass is 10.1. The molecular formula is C18H21ClN4O. The van der Waals surface area contributed by atoms with Gasteiger partial charge in [0, 0.05) is 55.9 Å². The predicted octanol–water partition coefficient (Wildman–Crippen LogP) is 3.13. The molecule has 0 saturated carbocycles. The molecule has 1 aromatic heterocycles. The summed E-state index contributed by atoms with van der Waals surface area (Å²) in [6, 6.07) is 13.5. The first kappa shape index (κ1) is 16.7. The van der Waals surface area contributed by atoms with Crippen LogP contribution >= 0.6 is 11.6 Å². The molecule has 1 aromatic carbocycles. The van der Waals surface area contributed by atoms with E-state index in [1.165, 1.54) is 0 Å². The standard InChI is InChI=1S/C18H21ClN4O/c19-16-6-2-1-5-15(16)17(21-24)8-10-22-11-13-23(14-12-22)18-7-3-4-9-20-18/h1-7,9,24H,8,10-14H2/b21-17+. The van der Waals surface area contributed by atoms with Crippen LogP contribution in [0.4, 0.5) is 5.82 Å². The van der Waals surface area contributed by atoms with Crippen molar-refractivity contribution in [2.45, 2.75) is 6.42 Å². The Morgan fingerprint density at radius 2 is 1.83 bits per heavy atom. The van der Waals surface area contributed by atoms with E-state index in [-0.39, 0.29) is 0 Å². The summed E-state index contributed by atoms with van der Waals surface area (Å²) < 4.78 is 0. The summed E-state index contributed by atoms with van der Waals surface area (Å²) in [5.41, 5.74) is 1.43. The molecule has 6 heteroatoms. The summed E-state index contributed by atoms with van der Waals surface area (Å²) in [6.45, 7) is 4.69. The summed E-state index contributed by atoms with van der Waals surface area (Å²) >= 11 is 6.19. The number of nitrogens with zero attached hydrogens (tertiary/aromatic N) is 4. The van der Waals surface area contributed by atoms with Crippen LogP contribution in [0.3, 0.4) is 0 Å². The highest BCUT2D eigenvalue weighted by atomic mass is 35.5. The largest absolute Gasteiger partial charge is 0.411 e. The molecule has 126 valence electrons. The molecule has 0 unspecified atom stereocenters. The fraction of sp³-hybridized carbons (Fsp3) is 0.333. The average Bonchev–Trinajstić information content (AvgIpc) is 2.65.